The summed E-state index contributed by atoms with van der Waals surface area (Å²) in [6, 6.07) is 5.59. The fraction of sp³-hybridized carbons (Fsp3) is 0.182. The van der Waals surface area contributed by atoms with Crippen molar-refractivity contribution in [3.05, 3.63) is 30.1 Å². The third-order valence-corrected chi connectivity index (χ3v) is 2.04. The maximum atomic E-state index is 12.7. The van der Waals surface area contributed by atoms with Crippen molar-refractivity contribution >= 4 is 11.9 Å². The first-order valence-corrected chi connectivity index (χ1v) is 5.17. The van der Waals surface area contributed by atoms with Crippen LogP contribution in [0.4, 0.5) is 16.3 Å². The van der Waals surface area contributed by atoms with Gasteiger partial charge in [-0.25, -0.2) is 4.39 Å². The third-order valence-electron chi connectivity index (χ3n) is 2.04. The summed E-state index contributed by atoms with van der Waals surface area (Å²) in [6.07, 6.45) is 0. The van der Waals surface area contributed by atoms with Gasteiger partial charge in [-0.05, 0) is 24.3 Å². The van der Waals surface area contributed by atoms with Gasteiger partial charge in [-0.2, -0.15) is 15.0 Å². The van der Waals surface area contributed by atoms with Gasteiger partial charge in [-0.1, -0.05) is 0 Å². The van der Waals surface area contributed by atoms with Gasteiger partial charge in [-0.3, -0.25) is 0 Å². The number of nitrogens with zero attached hydrogens (tertiary/aromatic N) is 4. The van der Waals surface area contributed by atoms with Gasteiger partial charge in [0.15, 0.2) is 0 Å². The highest BCUT2D eigenvalue weighted by atomic mass is 19.1. The summed E-state index contributed by atoms with van der Waals surface area (Å²) in [4.78, 5) is 13.5. The summed E-state index contributed by atoms with van der Waals surface area (Å²) in [5, 5.41) is 0. The molecule has 0 unspecified atom stereocenters. The molecule has 1 aromatic carbocycles. The molecule has 7 heteroatoms. The van der Waals surface area contributed by atoms with Crippen molar-refractivity contribution in [2.24, 2.45) is 0 Å². The lowest BCUT2D eigenvalue weighted by atomic mass is 10.3. The molecule has 0 aliphatic rings. The zero-order chi connectivity index (χ0) is 13.1. The van der Waals surface area contributed by atoms with Crippen LogP contribution in [0.5, 0.6) is 11.8 Å². The Hall–Kier alpha value is -2.44. The van der Waals surface area contributed by atoms with E-state index in [1.54, 1.807) is 19.0 Å². The normalized spacial score (nSPS) is 10.2. The van der Waals surface area contributed by atoms with E-state index >= 15 is 0 Å². The number of hydrogen-bond acceptors (Lipinski definition) is 6. The number of benzene rings is 1. The molecule has 1 heterocycles. The van der Waals surface area contributed by atoms with Gasteiger partial charge in [0.05, 0.1) is 0 Å². The van der Waals surface area contributed by atoms with Crippen LogP contribution in [0.3, 0.4) is 0 Å². The van der Waals surface area contributed by atoms with Crippen LogP contribution < -0.4 is 15.4 Å². The smallest absolute Gasteiger partial charge is 0.328 e. The Morgan fingerprint density at radius 2 is 1.78 bits per heavy atom. The van der Waals surface area contributed by atoms with Gasteiger partial charge in [0.25, 0.3) is 0 Å². The highest BCUT2D eigenvalue weighted by Gasteiger charge is 2.08. The highest BCUT2D eigenvalue weighted by molar-refractivity contribution is 5.35. The van der Waals surface area contributed by atoms with Crippen LogP contribution in [0.25, 0.3) is 0 Å². The minimum absolute atomic E-state index is 0.0609. The van der Waals surface area contributed by atoms with Crippen LogP contribution in [0.15, 0.2) is 24.3 Å². The fourth-order valence-corrected chi connectivity index (χ4v) is 1.21. The van der Waals surface area contributed by atoms with Crippen molar-refractivity contribution in [3.8, 4) is 11.8 Å². The molecule has 0 fully saturated rings. The fourth-order valence-electron chi connectivity index (χ4n) is 1.21. The third kappa shape index (κ3) is 2.82. The summed E-state index contributed by atoms with van der Waals surface area (Å²) >= 11 is 0. The first kappa shape index (κ1) is 12.0. The predicted molar refractivity (Wildman–Crippen MR) is 65.0 cm³/mol. The van der Waals surface area contributed by atoms with Crippen LogP contribution in [-0.2, 0) is 0 Å². The van der Waals surface area contributed by atoms with Crippen molar-refractivity contribution < 1.29 is 9.13 Å². The zero-order valence-corrected chi connectivity index (χ0v) is 9.96. The maximum Gasteiger partial charge on any atom is 0.328 e. The lowest BCUT2D eigenvalue weighted by molar-refractivity contribution is 0.439. The van der Waals surface area contributed by atoms with Gasteiger partial charge in [0.1, 0.15) is 11.6 Å². The molecule has 18 heavy (non-hydrogen) atoms. The van der Waals surface area contributed by atoms with Crippen LogP contribution in [0, 0.1) is 5.82 Å². The number of ether oxygens (including phenoxy) is 1. The van der Waals surface area contributed by atoms with Gasteiger partial charge < -0.3 is 15.4 Å². The number of hydrogen-bond donors (Lipinski definition) is 1. The number of nitrogen functional groups attached to an aromatic ring is 1. The molecule has 0 bridgehead atoms. The second-order valence-electron chi connectivity index (χ2n) is 3.73. The Morgan fingerprint density at radius 3 is 2.39 bits per heavy atom. The summed E-state index contributed by atoms with van der Waals surface area (Å²) in [5.74, 6) is 0.531. The van der Waals surface area contributed by atoms with E-state index in [2.05, 4.69) is 15.0 Å². The summed E-state index contributed by atoms with van der Waals surface area (Å²) < 4.78 is 18.1. The molecule has 0 saturated carbocycles. The topological polar surface area (TPSA) is 77.2 Å². The number of halogens is 1. The molecule has 0 atom stereocenters. The second kappa shape index (κ2) is 4.82. The Bertz CT molecular complexity index is 544. The summed E-state index contributed by atoms with van der Waals surface area (Å²) in [6.45, 7) is 0. The average Bonchev–Trinajstić information content (AvgIpc) is 2.31. The van der Waals surface area contributed by atoms with Crippen molar-refractivity contribution in [1.82, 2.24) is 15.0 Å². The molecule has 0 radical (unpaired) electrons. The van der Waals surface area contributed by atoms with E-state index in [0.29, 0.717) is 11.7 Å². The van der Waals surface area contributed by atoms with Gasteiger partial charge in [0.2, 0.25) is 11.9 Å². The standard InChI is InChI=1S/C11H12FN5O/c1-17(2)10-14-9(13)15-11(16-10)18-8-5-3-7(12)4-6-8/h3-6H,1-2H3,(H2,13,14,15,16). The largest absolute Gasteiger partial charge is 0.424 e. The molecular formula is C11H12FN5O. The van der Waals surface area contributed by atoms with E-state index in [9.17, 15) is 4.39 Å². The van der Waals surface area contributed by atoms with E-state index in [0.717, 1.165) is 0 Å². The van der Waals surface area contributed by atoms with Crippen molar-refractivity contribution in [2.75, 3.05) is 24.7 Å². The first-order chi connectivity index (χ1) is 8.54. The molecule has 6 nitrogen and oxygen atoms in total. The monoisotopic (exact) mass is 249 g/mol. The predicted octanol–water partition coefficient (Wildman–Crippen LogP) is 1.45. The highest BCUT2D eigenvalue weighted by Crippen LogP contribution is 2.19. The van der Waals surface area contributed by atoms with Crippen molar-refractivity contribution in [2.45, 2.75) is 0 Å². The van der Waals surface area contributed by atoms with E-state index < -0.39 is 0 Å². The number of anilines is 2. The lowest BCUT2D eigenvalue weighted by Gasteiger charge is -2.11. The molecule has 0 spiro atoms. The molecule has 1 aromatic heterocycles. The molecule has 0 amide bonds. The summed E-state index contributed by atoms with van der Waals surface area (Å²) in [7, 11) is 3.55. The van der Waals surface area contributed by atoms with Crippen LogP contribution in [0.2, 0.25) is 0 Å². The van der Waals surface area contributed by atoms with E-state index in [-0.39, 0.29) is 17.8 Å². The van der Waals surface area contributed by atoms with Gasteiger partial charge in [0, 0.05) is 14.1 Å². The second-order valence-corrected chi connectivity index (χ2v) is 3.73. The van der Waals surface area contributed by atoms with E-state index in [1.807, 2.05) is 0 Å². The molecule has 2 aromatic rings. The number of rotatable bonds is 3. The van der Waals surface area contributed by atoms with Gasteiger partial charge >= 0.3 is 6.01 Å². The number of aromatic nitrogens is 3. The SMILES string of the molecule is CN(C)c1nc(N)nc(Oc2ccc(F)cc2)n1. The molecule has 0 aliphatic heterocycles. The molecule has 0 saturated heterocycles. The Morgan fingerprint density at radius 1 is 1.11 bits per heavy atom. The van der Waals surface area contributed by atoms with Crippen LogP contribution in [0.1, 0.15) is 0 Å². The first-order valence-electron chi connectivity index (χ1n) is 5.17. The van der Waals surface area contributed by atoms with Crippen molar-refractivity contribution in [3.63, 3.8) is 0 Å². The average molecular weight is 249 g/mol. The zero-order valence-electron chi connectivity index (χ0n) is 9.96. The number of nitrogens with two attached hydrogens (primary N) is 1. The van der Waals surface area contributed by atoms with Crippen molar-refractivity contribution in [1.29, 1.82) is 0 Å². The molecule has 2 N–H and O–H groups in total. The molecular weight excluding hydrogens is 237 g/mol. The minimum Gasteiger partial charge on any atom is -0.424 e. The summed E-state index contributed by atoms with van der Waals surface area (Å²) in [5.41, 5.74) is 5.55. The molecule has 2 rings (SSSR count). The molecule has 94 valence electrons. The maximum absolute atomic E-state index is 12.7. The molecule has 0 aliphatic carbocycles. The van der Waals surface area contributed by atoms with Gasteiger partial charge in [-0.15, -0.1) is 0 Å². The van der Waals surface area contributed by atoms with Crippen LogP contribution >= 0.6 is 0 Å². The van der Waals surface area contributed by atoms with E-state index in [1.165, 1.54) is 24.3 Å². The van der Waals surface area contributed by atoms with E-state index in [4.69, 9.17) is 10.5 Å². The van der Waals surface area contributed by atoms with Crippen LogP contribution in [-0.4, -0.2) is 29.0 Å². The Labute approximate surface area is 103 Å². The Balaban J connectivity index is 2.26. The Kier molecular flexibility index (Phi) is 3.22. The quantitative estimate of drug-likeness (QED) is 0.887. The lowest BCUT2D eigenvalue weighted by Crippen LogP contribution is -2.15. The minimum atomic E-state index is -0.341.